The van der Waals surface area contributed by atoms with Crippen LogP contribution in [0.1, 0.15) is 38.5 Å². The molecule has 0 aromatic carbocycles. The largest absolute Gasteiger partial charge is 0.445 e. The highest BCUT2D eigenvalue weighted by molar-refractivity contribution is 5.85. The summed E-state index contributed by atoms with van der Waals surface area (Å²) in [5.41, 5.74) is 0. The molecule has 0 aromatic rings. The van der Waals surface area contributed by atoms with Crippen molar-refractivity contribution in [1.29, 1.82) is 0 Å². The molecule has 5 nitrogen and oxygen atoms in total. The molecule has 0 aromatic heterocycles. The van der Waals surface area contributed by atoms with Gasteiger partial charge in [-0.05, 0) is 45.1 Å². The van der Waals surface area contributed by atoms with Crippen LogP contribution in [0.3, 0.4) is 0 Å². The van der Waals surface area contributed by atoms with E-state index in [0.29, 0.717) is 12.8 Å². The monoisotopic (exact) mass is 290 g/mol. The van der Waals surface area contributed by atoms with Gasteiger partial charge in [0.2, 0.25) is 0 Å². The van der Waals surface area contributed by atoms with Crippen molar-refractivity contribution in [3.8, 4) is 0 Å². The molecular weight excluding hydrogens is 268 g/mol. The first-order chi connectivity index (χ1) is 8.74. The maximum atomic E-state index is 12.2. The fourth-order valence-corrected chi connectivity index (χ4v) is 3.57. The normalized spacial score (nSPS) is 37.6. The summed E-state index contributed by atoms with van der Waals surface area (Å²) in [7, 11) is 0. The SMILES string of the molecule is Cl.O=C(OC1CCCNC1)N1C2CCC1CC(O)C2. The lowest BCUT2D eigenvalue weighted by Crippen LogP contribution is -2.50. The molecule has 0 spiro atoms. The Morgan fingerprint density at radius 3 is 2.47 bits per heavy atom. The van der Waals surface area contributed by atoms with Crippen LogP contribution in [0.25, 0.3) is 0 Å². The maximum Gasteiger partial charge on any atom is 0.410 e. The van der Waals surface area contributed by atoms with Gasteiger partial charge in [-0.1, -0.05) is 0 Å². The molecule has 110 valence electrons. The topological polar surface area (TPSA) is 61.8 Å². The Kier molecular flexibility index (Phi) is 4.92. The summed E-state index contributed by atoms with van der Waals surface area (Å²) in [4.78, 5) is 14.1. The number of hydrogen-bond acceptors (Lipinski definition) is 4. The second-order valence-corrected chi connectivity index (χ2v) is 5.77. The number of carbonyl (C=O) groups is 1. The Hall–Kier alpha value is -0.520. The minimum Gasteiger partial charge on any atom is -0.445 e. The third-order valence-corrected chi connectivity index (χ3v) is 4.44. The Bertz CT molecular complexity index is 309. The molecule has 3 aliphatic heterocycles. The summed E-state index contributed by atoms with van der Waals surface area (Å²) in [6.45, 7) is 1.80. The minimum absolute atomic E-state index is 0. The third kappa shape index (κ3) is 3.15. The number of amides is 1. The number of halogens is 1. The number of fused-ring (bicyclic) bond motifs is 2. The molecule has 3 rings (SSSR count). The molecule has 2 bridgehead atoms. The summed E-state index contributed by atoms with van der Waals surface area (Å²) in [6.07, 6.45) is 5.12. The smallest absolute Gasteiger partial charge is 0.410 e. The van der Waals surface area contributed by atoms with Gasteiger partial charge in [0.25, 0.3) is 0 Å². The quantitative estimate of drug-likeness (QED) is 0.764. The Balaban J connectivity index is 0.00000133. The zero-order valence-electron chi connectivity index (χ0n) is 11.1. The van der Waals surface area contributed by atoms with Gasteiger partial charge in [0, 0.05) is 18.6 Å². The van der Waals surface area contributed by atoms with Gasteiger partial charge in [-0.15, -0.1) is 12.4 Å². The molecule has 19 heavy (non-hydrogen) atoms. The lowest BCUT2D eigenvalue weighted by atomic mass is 10.0. The van der Waals surface area contributed by atoms with Gasteiger partial charge in [-0.2, -0.15) is 0 Å². The van der Waals surface area contributed by atoms with Crippen LogP contribution < -0.4 is 5.32 Å². The fraction of sp³-hybridized carbons (Fsp3) is 0.923. The lowest BCUT2D eigenvalue weighted by molar-refractivity contribution is 0.00451. The maximum absolute atomic E-state index is 12.2. The highest BCUT2D eigenvalue weighted by Gasteiger charge is 2.44. The zero-order chi connectivity index (χ0) is 12.5. The van der Waals surface area contributed by atoms with E-state index >= 15 is 0 Å². The first-order valence-corrected chi connectivity index (χ1v) is 7.12. The summed E-state index contributed by atoms with van der Waals surface area (Å²) in [5.74, 6) is 0. The molecule has 0 saturated carbocycles. The van der Waals surface area contributed by atoms with Gasteiger partial charge in [-0.25, -0.2) is 4.79 Å². The van der Waals surface area contributed by atoms with E-state index in [9.17, 15) is 9.90 Å². The highest BCUT2D eigenvalue weighted by Crippen LogP contribution is 2.36. The molecule has 0 aliphatic carbocycles. The van der Waals surface area contributed by atoms with Gasteiger partial charge in [-0.3, -0.25) is 0 Å². The first-order valence-electron chi connectivity index (χ1n) is 7.12. The molecule has 3 unspecified atom stereocenters. The molecule has 0 radical (unpaired) electrons. The van der Waals surface area contributed by atoms with E-state index in [0.717, 1.165) is 38.8 Å². The molecular formula is C13H23ClN2O3. The molecule has 3 fully saturated rings. The van der Waals surface area contributed by atoms with Gasteiger partial charge in [0.15, 0.2) is 0 Å². The highest BCUT2D eigenvalue weighted by atomic mass is 35.5. The number of piperidine rings is 2. The standard InChI is InChI=1S/C13H22N2O3.ClH/c16-11-6-9-3-4-10(7-11)15(9)13(17)18-12-2-1-5-14-8-12;/h9-12,14,16H,1-8H2;1H. The van der Waals surface area contributed by atoms with Crippen LogP contribution in [0, 0.1) is 0 Å². The van der Waals surface area contributed by atoms with Crippen LogP contribution in [-0.4, -0.2) is 53.5 Å². The summed E-state index contributed by atoms with van der Waals surface area (Å²) in [6, 6.07) is 0.394. The van der Waals surface area contributed by atoms with E-state index < -0.39 is 0 Å². The van der Waals surface area contributed by atoms with Crippen molar-refractivity contribution in [2.24, 2.45) is 0 Å². The number of ether oxygens (including phenoxy) is 1. The van der Waals surface area contributed by atoms with Crippen molar-refractivity contribution in [1.82, 2.24) is 10.2 Å². The second-order valence-electron chi connectivity index (χ2n) is 5.77. The van der Waals surface area contributed by atoms with Gasteiger partial charge in [0.05, 0.1) is 6.10 Å². The summed E-state index contributed by atoms with van der Waals surface area (Å²) < 4.78 is 5.59. The number of nitrogens with zero attached hydrogens (tertiary/aromatic N) is 1. The number of carbonyl (C=O) groups excluding carboxylic acids is 1. The molecule has 3 aliphatic rings. The van der Waals surface area contributed by atoms with Crippen molar-refractivity contribution in [2.45, 2.75) is 62.8 Å². The Morgan fingerprint density at radius 2 is 1.89 bits per heavy atom. The molecule has 2 N–H and O–H groups in total. The average molecular weight is 291 g/mol. The third-order valence-electron chi connectivity index (χ3n) is 4.44. The van der Waals surface area contributed by atoms with Crippen molar-refractivity contribution in [3.63, 3.8) is 0 Å². The number of nitrogens with one attached hydrogen (secondary N) is 1. The predicted molar refractivity (Wildman–Crippen MR) is 73.5 cm³/mol. The van der Waals surface area contributed by atoms with E-state index in [2.05, 4.69) is 5.32 Å². The zero-order valence-corrected chi connectivity index (χ0v) is 11.9. The van der Waals surface area contributed by atoms with Crippen LogP contribution in [0.4, 0.5) is 4.79 Å². The van der Waals surface area contributed by atoms with E-state index in [1.165, 1.54) is 0 Å². The molecule has 3 heterocycles. The molecule has 3 saturated heterocycles. The van der Waals surface area contributed by atoms with Crippen LogP contribution in [0.15, 0.2) is 0 Å². The molecule has 3 atom stereocenters. The van der Waals surface area contributed by atoms with Crippen LogP contribution in [-0.2, 0) is 4.74 Å². The number of aliphatic hydroxyl groups is 1. The van der Waals surface area contributed by atoms with E-state index in [4.69, 9.17) is 4.74 Å². The van der Waals surface area contributed by atoms with Crippen LogP contribution in [0.2, 0.25) is 0 Å². The average Bonchev–Trinajstić information content (AvgIpc) is 2.63. The van der Waals surface area contributed by atoms with E-state index in [1.807, 2.05) is 4.90 Å². The number of hydrogen-bond donors (Lipinski definition) is 2. The minimum atomic E-state index is -0.233. The number of rotatable bonds is 1. The summed E-state index contributed by atoms with van der Waals surface area (Å²) in [5, 5.41) is 13.0. The molecule has 1 amide bonds. The van der Waals surface area contributed by atoms with Crippen molar-refractivity contribution in [3.05, 3.63) is 0 Å². The van der Waals surface area contributed by atoms with Gasteiger partial charge < -0.3 is 20.1 Å². The lowest BCUT2D eigenvalue weighted by Gasteiger charge is -2.37. The predicted octanol–water partition coefficient (Wildman–Crippen LogP) is 1.28. The van der Waals surface area contributed by atoms with Crippen LogP contribution >= 0.6 is 12.4 Å². The van der Waals surface area contributed by atoms with Gasteiger partial charge in [0.1, 0.15) is 6.10 Å². The Labute approximate surface area is 120 Å². The Morgan fingerprint density at radius 1 is 1.21 bits per heavy atom. The number of aliphatic hydroxyl groups excluding tert-OH is 1. The van der Waals surface area contributed by atoms with Crippen molar-refractivity contribution < 1.29 is 14.6 Å². The van der Waals surface area contributed by atoms with Crippen molar-refractivity contribution in [2.75, 3.05) is 13.1 Å². The summed E-state index contributed by atoms with van der Waals surface area (Å²) >= 11 is 0. The molecule has 6 heteroatoms. The van der Waals surface area contributed by atoms with E-state index in [-0.39, 0.29) is 42.8 Å². The van der Waals surface area contributed by atoms with Crippen molar-refractivity contribution >= 4 is 18.5 Å². The second kappa shape index (κ2) is 6.29. The fourth-order valence-electron chi connectivity index (χ4n) is 3.57. The van der Waals surface area contributed by atoms with E-state index in [1.54, 1.807) is 0 Å². The van der Waals surface area contributed by atoms with Crippen LogP contribution in [0.5, 0.6) is 0 Å². The van der Waals surface area contributed by atoms with Gasteiger partial charge >= 0.3 is 6.09 Å². The first kappa shape index (κ1) is 14.9.